The van der Waals surface area contributed by atoms with E-state index in [0.717, 1.165) is 24.8 Å². The van der Waals surface area contributed by atoms with Crippen molar-refractivity contribution < 1.29 is 9.59 Å². The largest absolute Gasteiger partial charge is 0.345 e. The SMILES string of the molecule is O=C(NCc1ccsc1)C(=O)c1ccc2c(c1)CCC2. The number of carbonyl (C=O) groups is 2. The number of hydrogen-bond acceptors (Lipinski definition) is 3. The topological polar surface area (TPSA) is 46.2 Å². The lowest BCUT2D eigenvalue weighted by atomic mass is 10.0. The van der Waals surface area contributed by atoms with Crippen molar-refractivity contribution in [2.75, 3.05) is 0 Å². The minimum absolute atomic E-state index is 0.402. The molecule has 0 saturated carbocycles. The summed E-state index contributed by atoms with van der Waals surface area (Å²) in [5, 5.41) is 6.58. The highest BCUT2D eigenvalue weighted by Crippen LogP contribution is 2.23. The Labute approximate surface area is 121 Å². The highest BCUT2D eigenvalue weighted by molar-refractivity contribution is 7.07. The van der Waals surface area contributed by atoms with Gasteiger partial charge < -0.3 is 5.32 Å². The summed E-state index contributed by atoms with van der Waals surface area (Å²) in [5.41, 5.74) is 4.03. The molecule has 0 bridgehead atoms. The number of Topliss-reactive ketones (excluding diaryl/α,β-unsaturated/α-hetero) is 1. The molecule has 0 fully saturated rings. The Morgan fingerprint density at radius 1 is 1.15 bits per heavy atom. The number of amides is 1. The maximum Gasteiger partial charge on any atom is 0.292 e. The fourth-order valence-electron chi connectivity index (χ4n) is 2.50. The van der Waals surface area contributed by atoms with Crippen LogP contribution in [0.15, 0.2) is 35.0 Å². The van der Waals surface area contributed by atoms with Crippen LogP contribution in [0.2, 0.25) is 0 Å². The Kier molecular flexibility index (Phi) is 3.65. The smallest absolute Gasteiger partial charge is 0.292 e. The third-order valence-corrected chi connectivity index (χ3v) is 4.33. The molecule has 0 saturated heterocycles. The van der Waals surface area contributed by atoms with Crippen LogP contribution < -0.4 is 5.32 Å². The molecule has 0 unspecified atom stereocenters. The summed E-state index contributed by atoms with van der Waals surface area (Å²) in [5.74, 6) is -0.982. The van der Waals surface area contributed by atoms with E-state index >= 15 is 0 Å². The van der Waals surface area contributed by atoms with Crippen LogP contribution in [0, 0.1) is 0 Å². The van der Waals surface area contributed by atoms with Crippen molar-refractivity contribution in [3.63, 3.8) is 0 Å². The molecule has 1 aliphatic carbocycles. The van der Waals surface area contributed by atoms with Gasteiger partial charge in [0.2, 0.25) is 5.78 Å². The zero-order chi connectivity index (χ0) is 13.9. The molecule has 0 atom stereocenters. The highest BCUT2D eigenvalue weighted by Gasteiger charge is 2.19. The summed E-state index contributed by atoms with van der Waals surface area (Å²) in [6.07, 6.45) is 3.22. The van der Waals surface area contributed by atoms with E-state index in [1.807, 2.05) is 29.0 Å². The number of aryl methyl sites for hydroxylation is 2. The van der Waals surface area contributed by atoms with Crippen LogP contribution in [0.4, 0.5) is 0 Å². The second kappa shape index (κ2) is 5.59. The molecule has 3 nitrogen and oxygen atoms in total. The summed E-state index contributed by atoms with van der Waals surface area (Å²) in [6, 6.07) is 7.54. The summed E-state index contributed by atoms with van der Waals surface area (Å²) < 4.78 is 0. The van der Waals surface area contributed by atoms with Crippen LogP contribution in [0.5, 0.6) is 0 Å². The van der Waals surface area contributed by atoms with Crippen molar-refractivity contribution in [3.05, 3.63) is 57.3 Å². The molecular weight excluding hydrogens is 270 g/mol. The lowest BCUT2D eigenvalue weighted by Gasteiger charge is -2.05. The van der Waals surface area contributed by atoms with E-state index in [1.54, 1.807) is 17.4 Å². The van der Waals surface area contributed by atoms with E-state index in [4.69, 9.17) is 0 Å². The quantitative estimate of drug-likeness (QED) is 0.693. The van der Waals surface area contributed by atoms with Crippen LogP contribution >= 0.6 is 11.3 Å². The standard InChI is InChI=1S/C16H15NO2S/c18-15(16(19)17-9-11-6-7-20-10-11)14-5-4-12-2-1-3-13(12)8-14/h4-8,10H,1-3,9H2,(H,17,19). The molecule has 1 heterocycles. The second-order valence-electron chi connectivity index (χ2n) is 4.98. The van der Waals surface area contributed by atoms with E-state index in [-0.39, 0.29) is 0 Å². The molecule has 1 N–H and O–H groups in total. The predicted octanol–water partition coefficient (Wildman–Crippen LogP) is 2.74. The normalized spacial score (nSPS) is 13.0. The van der Waals surface area contributed by atoms with Crippen molar-refractivity contribution >= 4 is 23.0 Å². The fourth-order valence-corrected chi connectivity index (χ4v) is 3.17. The van der Waals surface area contributed by atoms with E-state index < -0.39 is 11.7 Å². The Balaban J connectivity index is 1.67. The first kappa shape index (κ1) is 13.1. The Morgan fingerprint density at radius 2 is 2.00 bits per heavy atom. The lowest BCUT2D eigenvalue weighted by Crippen LogP contribution is -2.30. The second-order valence-corrected chi connectivity index (χ2v) is 5.76. The number of hydrogen-bond donors (Lipinski definition) is 1. The molecule has 0 aliphatic heterocycles. The Morgan fingerprint density at radius 3 is 2.80 bits per heavy atom. The van der Waals surface area contributed by atoms with Gasteiger partial charge in [-0.1, -0.05) is 12.1 Å². The number of rotatable bonds is 4. The Hall–Kier alpha value is -1.94. The molecule has 0 radical (unpaired) electrons. The van der Waals surface area contributed by atoms with Crippen molar-refractivity contribution in [3.8, 4) is 0 Å². The number of benzene rings is 1. The number of ketones is 1. The minimum Gasteiger partial charge on any atom is -0.345 e. The number of nitrogens with one attached hydrogen (secondary N) is 1. The van der Waals surface area contributed by atoms with Gasteiger partial charge in [-0.05, 0) is 58.8 Å². The first-order valence-electron chi connectivity index (χ1n) is 6.69. The maximum atomic E-state index is 12.1. The van der Waals surface area contributed by atoms with Crippen molar-refractivity contribution in [1.82, 2.24) is 5.32 Å². The lowest BCUT2D eigenvalue weighted by molar-refractivity contribution is -0.117. The molecule has 102 valence electrons. The summed E-state index contributed by atoms with van der Waals surface area (Å²) in [6.45, 7) is 0.402. The monoisotopic (exact) mass is 285 g/mol. The Bertz CT molecular complexity index is 647. The highest BCUT2D eigenvalue weighted by atomic mass is 32.1. The average molecular weight is 285 g/mol. The van der Waals surface area contributed by atoms with Gasteiger partial charge in [0.15, 0.2) is 0 Å². The molecule has 1 aromatic heterocycles. The van der Waals surface area contributed by atoms with Gasteiger partial charge in [0, 0.05) is 12.1 Å². The van der Waals surface area contributed by atoms with E-state index in [1.165, 1.54) is 11.1 Å². The number of carbonyl (C=O) groups excluding carboxylic acids is 2. The van der Waals surface area contributed by atoms with Gasteiger partial charge in [0.25, 0.3) is 5.91 Å². The zero-order valence-corrected chi connectivity index (χ0v) is 11.8. The third-order valence-electron chi connectivity index (χ3n) is 3.60. The van der Waals surface area contributed by atoms with Crippen molar-refractivity contribution in [1.29, 1.82) is 0 Å². The molecule has 3 rings (SSSR count). The van der Waals surface area contributed by atoms with Gasteiger partial charge in [0.05, 0.1) is 0 Å². The zero-order valence-electron chi connectivity index (χ0n) is 11.0. The molecule has 0 spiro atoms. The van der Waals surface area contributed by atoms with Crippen molar-refractivity contribution in [2.45, 2.75) is 25.8 Å². The van der Waals surface area contributed by atoms with E-state index in [0.29, 0.717) is 12.1 Å². The van der Waals surface area contributed by atoms with Crippen molar-refractivity contribution in [2.24, 2.45) is 0 Å². The fraction of sp³-hybridized carbons (Fsp3) is 0.250. The molecule has 1 amide bonds. The number of fused-ring (bicyclic) bond motifs is 1. The van der Waals surface area contributed by atoms with Crippen LogP contribution in [-0.2, 0) is 24.2 Å². The summed E-state index contributed by atoms with van der Waals surface area (Å²) in [4.78, 5) is 24.0. The van der Waals surface area contributed by atoms with Gasteiger partial charge in [-0.2, -0.15) is 11.3 Å². The minimum atomic E-state index is -0.533. The van der Waals surface area contributed by atoms with E-state index in [2.05, 4.69) is 5.32 Å². The molecule has 1 aromatic carbocycles. The third kappa shape index (κ3) is 2.65. The van der Waals surface area contributed by atoms with Gasteiger partial charge in [-0.25, -0.2) is 0 Å². The summed E-state index contributed by atoms with van der Waals surface area (Å²) in [7, 11) is 0. The molecule has 1 aliphatic rings. The van der Waals surface area contributed by atoms with Gasteiger partial charge in [-0.3, -0.25) is 9.59 Å². The summed E-state index contributed by atoms with van der Waals surface area (Å²) >= 11 is 1.57. The van der Waals surface area contributed by atoms with Gasteiger partial charge in [-0.15, -0.1) is 0 Å². The first-order valence-corrected chi connectivity index (χ1v) is 7.64. The van der Waals surface area contributed by atoms with Crippen LogP contribution in [-0.4, -0.2) is 11.7 Å². The molecule has 2 aromatic rings. The molecular formula is C16H15NO2S. The molecule has 4 heteroatoms. The first-order chi connectivity index (χ1) is 9.74. The maximum absolute atomic E-state index is 12.1. The van der Waals surface area contributed by atoms with Crippen LogP contribution in [0.25, 0.3) is 0 Å². The number of thiophene rings is 1. The van der Waals surface area contributed by atoms with Gasteiger partial charge >= 0.3 is 0 Å². The average Bonchev–Trinajstić information content (AvgIpc) is 3.13. The predicted molar refractivity (Wildman–Crippen MR) is 79.0 cm³/mol. The molecule has 20 heavy (non-hydrogen) atoms. The van der Waals surface area contributed by atoms with Crippen LogP contribution in [0.1, 0.15) is 33.5 Å². The van der Waals surface area contributed by atoms with Gasteiger partial charge in [0.1, 0.15) is 0 Å². The van der Waals surface area contributed by atoms with Crippen LogP contribution in [0.3, 0.4) is 0 Å². The van der Waals surface area contributed by atoms with E-state index in [9.17, 15) is 9.59 Å².